The van der Waals surface area contributed by atoms with E-state index < -0.39 is 24.1 Å². The number of carbonyl (C=O) groups is 2. The molecule has 0 heterocycles. The van der Waals surface area contributed by atoms with Crippen LogP contribution in [-0.4, -0.2) is 31.2 Å². The van der Waals surface area contributed by atoms with E-state index >= 15 is 0 Å². The first-order valence-electron chi connectivity index (χ1n) is 8.82. The van der Waals surface area contributed by atoms with Crippen LogP contribution < -0.4 is 14.8 Å². The van der Waals surface area contributed by atoms with E-state index in [2.05, 4.69) is 5.32 Å². The second kappa shape index (κ2) is 9.62. The largest absolute Gasteiger partial charge is 0.495 e. The van der Waals surface area contributed by atoms with Crippen molar-refractivity contribution < 1.29 is 23.8 Å². The van der Waals surface area contributed by atoms with Gasteiger partial charge in [-0.2, -0.15) is 0 Å². The number of methoxy groups -OCH3 is 1. The summed E-state index contributed by atoms with van der Waals surface area (Å²) in [4.78, 5) is 24.8. The van der Waals surface area contributed by atoms with Crippen molar-refractivity contribution in [3.05, 3.63) is 54.1 Å². The van der Waals surface area contributed by atoms with Crippen molar-refractivity contribution in [1.82, 2.24) is 0 Å². The SMILES string of the molecule is CC[C@H](Oc1ccccc1)C(=O)O[C@H](C)C(=O)Nc1cc(C)ccc1OC. The third-order valence-corrected chi connectivity index (χ3v) is 3.93. The Morgan fingerprint density at radius 3 is 2.44 bits per heavy atom. The molecule has 144 valence electrons. The minimum Gasteiger partial charge on any atom is -0.495 e. The second-order valence-electron chi connectivity index (χ2n) is 6.10. The molecule has 0 saturated carbocycles. The lowest BCUT2D eigenvalue weighted by Gasteiger charge is -2.20. The highest BCUT2D eigenvalue weighted by Crippen LogP contribution is 2.25. The fraction of sp³-hybridized carbons (Fsp3) is 0.333. The van der Waals surface area contributed by atoms with Gasteiger partial charge in [0.15, 0.2) is 12.2 Å². The Hall–Kier alpha value is -3.02. The van der Waals surface area contributed by atoms with Gasteiger partial charge in [-0.15, -0.1) is 0 Å². The van der Waals surface area contributed by atoms with E-state index in [4.69, 9.17) is 14.2 Å². The summed E-state index contributed by atoms with van der Waals surface area (Å²) in [6.45, 7) is 5.24. The molecule has 0 aliphatic heterocycles. The van der Waals surface area contributed by atoms with Crippen LogP contribution in [0.2, 0.25) is 0 Å². The Balaban J connectivity index is 1.98. The molecule has 0 fully saturated rings. The minimum atomic E-state index is -0.976. The molecule has 0 spiro atoms. The van der Waals surface area contributed by atoms with Gasteiger partial charge in [0.05, 0.1) is 12.8 Å². The Bertz CT molecular complexity index is 775. The molecule has 0 aliphatic rings. The molecule has 6 heteroatoms. The molecule has 0 aliphatic carbocycles. The van der Waals surface area contributed by atoms with Crippen molar-refractivity contribution in [3.63, 3.8) is 0 Å². The standard InChI is InChI=1S/C21H25NO5/c1-5-18(27-16-9-7-6-8-10-16)21(24)26-15(3)20(23)22-17-13-14(2)11-12-19(17)25-4/h6-13,15,18H,5H2,1-4H3,(H,22,23)/t15-,18+/m1/s1. The van der Waals surface area contributed by atoms with Crippen molar-refractivity contribution in [3.8, 4) is 11.5 Å². The summed E-state index contributed by atoms with van der Waals surface area (Å²) in [5.41, 5.74) is 1.50. The molecular formula is C21H25NO5. The number of anilines is 1. The van der Waals surface area contributed by atoms with Gasteiger partial charge in [-0.1, -0.05) is 31.2 Å². The van der Waals surface area contributed by atoms with Crippen molar-refractivity contribution in [2.24, 2.45) is 0 Å². The predicted octanol–water partition coefficient (Wildman–Crippen LogP) is 3.73. The van der Waals surface area contributed by atoms with Crippen molar-refractivity contribution in [2.75, 3.05) is 12.4 Å². The predicted molar refractivity (Wildman–Crippen MR) is 103 cm³/mol. The summed E-state index contributed by atoms with van der Waals surface area (Å²) in [6.07, 6.45) is -1.33. The van der Waals surface area contributed by atoms with E-state index in [0.29, 0.717) is 23.6 Å². The highest BCUT2D eigenvalue weighted by atomic mass is 16.6. The van der Waals surface area contributed by atoms with E-state index in [1.54, 1.807) is 24.3 Å². The van der Waals surface area contributed by atoms with Gasteiger partial charge in [-0.3, -0.25) is 4.79 Å². The number of aryl methyl sites for hydroxylation is 1. The van der Waals surface area contributed by atoms with Gasteiger partial charge in [0.2, 0.25) is 0 Å². The molecule has 0 unspecified atom stereocenters. The summed E-state index contributed by atoms with van der Waals surface area (Å²) in [5, 5.41) is 2.73. The number of hydrogen-bond donors (Lipinski definition) is 1. The number of carbonyl (C=O) groups excluding carboxylic acids is 2. The van der Waals surface area contributed by atoms with Crippen molar-refractivity contribution >= 4 is 17.6 Å². The van der Waals surface area contributed by atoms with E-state index in [-0.39, 0.29) is 0 Å². The fourth-order valence-corrected chi connectivity index (χ4v) is 2.42. The smallest absolute Gasteiger partial charge is 0.348 e. The molecular weight excluding hydrogens is 346 g/mol. The Morgan fingerprint density at radius 1 is 1.11 bits per heavy atom. The molecule has 0 saturated heterocycles. The third-order valence-electron chi connectivity index (χ3n) is 3.93. The van der Waals surface area contributed by atoms with Crippen LogP contribution in [0.5, 0.6) is 11.5 Å². The average molecular weight is 371 g/mol. The average Bonchev–Trinajstić information content (AvgIpc) is 2.66. The van der Waals surface area contributed by atoms with Crippen molar-refractivity contribution in [1.29, 1.82) is 0 Å². The quantitative estimate of drug-likeness (QED) is 0.716. The maximum atomic E-state index is 12.4. The third kappa shape index (κ3) is 5.74. The summed E-state index contributed by atoms with van der Waals surface area (Å²) in [6, 6.07) is 14.5. The van der Waals surface area contributed by atoms with Crippen LogP contribution in [0.15, 0.2) is 48.5 Å². The summed E-state index contributed by atoms with van der Waals surface area (Å²) >= 11 is 0. The van der Waals surface area contributed by atoms with E-state index in [0.717, 1.165) is 5.56 Å². The molecule has 0 bridgehead atoms. The van der Waals surface area contributed by atoms with E-state index in [9.17, 15) is 9.59 Å². The maximum Gasteiger partial charge on any atom is 0.348 e. The number of amides is 1. The maximum absolute atomic E-state index is 12.4. The topological polar surface area (TPSA) is 73.9 Å². The normalized spacial score (nSPS) is 12.6. The summed E-state index contributed by atoms with van der Waals surface area (Å²) in [7, 11) is 1.52. The minimum absolute atomic E-state index is 0.424. The van der Waals surface area contributed by atoms with Gasteiger partial charge >= 0.3 is 5.97 Å². The number of nitrogens with one attached hydrogen (secondary N) is 1. The number of esters is 1. The number of para-hydroxylation sites is 1. The van der Waals surface area contributed by atoms with E-state index in [1.165, 1.54) is 14.0 Å². The van der Waals surface area contributed by atoms with Gasteiger partial charge < -0.3 is 19.5 Å². The summed E-state index contributed by atoms with van der Waals surface area (Å²) in [5.74, 6) is 0.0799. The van der Waals surface area contributed by atoms with Crippen molar-refractivity contribution in [2.45, 2.75) is 39.4 Å². The van der Waals surface area contributed by atoms with Crippen LogP contribution in [0.25, 0.3) is 0 Å². The lowest BCUT2D eigenvalue weighted by atomic mass is 10.2. The molecule has 2 rings (SSSR count). The zero-order chi connectivity index (χ0) is 19.8. The second-order valence-corrected chi connectivity index (χ2v) is 6.10. The monoisotopic (exact) mass is 371 g/mol. The number of rotatable bonds is 8. The van der Waals surface area contributed by atoms with Crippen LogP contribution in [0.4, 0.5) is 5.69 Å². The van der Waals surface area contributed by atoms with Crippen LogP contribution in [0.3, 0.4) is 0 Å². The first kappa shape index (κ1) is 20.3. The highest BCUT2D eigenvalue weighted by molar-refractivity contribution is 5.96. The van der Waals surface area contributed by atoms with Crippen LogP contribution in [0, 0.1) is 6.92 Å². The number of ether oxygens (including phenoxy) is 3. The Kier molecular flexibility index (Phi) is 7.23. The summed E-state index contributed by atoms with van der Waals surface area (Å²) < 4.78 is 16.2. The zero-order valence-corrected chi connectivity index (χ0v) is 16.0. The van der Waals surface area contributed by atoms with Crippen LogP contribution in [0.1, 0.15) is 25.8 Å². The first-order chi connectivity index (χ1) is 12.9. The Morgan fingerprint density at radius 2 is 1.81 bits per heavy atom. The van der Waals surface area contributed by atoms with Gasteiger partial charge in [0.1, 0.15) is 11.5 Å². The molecule has 6 nitrogen and oxygen atoms in total. The first-order valence-corrected chi connectivity index (χ1v) is 8.82. The molecule has 2 aromatic carbocycles. The van der Waals surface area contributed by atoms with Gasteiger partial charge in [0, 0.05) is 0 Å². The van der Waals surface area contributed by atoms with Gasteiger partial charge in [-0.25, -0.2) is 4.79 Å². The molecule has 27 heavy (non-hydrogen) atoms. The molecule has 2 atom stereocenters. The lowest BCUT2D eigenvalue weighted by molar-refractivity contribution is -0.160. The number of hydrogen-bond acceptors (Lipinski definition) is 5. The molecule has 1 amide bonds. The van der Waals surface area contributed by atoms with Gasteiger partial charge in [-0.05, 0) is 50.1 Å². The lowest BCUT2D eigenvalue weighted by Crippen LogP contribution is -2.36. The number of benzene rings is 2. The zero-order valence-electron chi connectivity index (χ0n) is 16.0. The highest BCUT2D eigenvalue weighted by Gasteiger charge is 2.25. The molecule has 0 aromatic heterocycles. The van der Waals surface area contributed by atoms with Gasteiger partial charge in [0.25, 0.3) is 5.91 Å². The molecule has 1 N–H and O–H groups in total. The molecule has 2 aromatic rings. The van der Waals surface area contributed by atoms with Crippen LogP contribution in [-0.2, 0) is 14.3 Å². The Labute approximate surface area is 159 Å². The van der Waals surface area contributed by atoms with Crippen LogP contribution >= 0.6 is 0 Å². The van der Waals surface area contributed by atoms with E-state index in [1.807, 2.05) is 38.1 Å². The fourth-order valence-electron chi connectivity index (χ4n) is 2.42. The molecule has 0 radical (unpaired) electrons.